The van der Waals surface area contributed by atoms with E-state index >= 15 is 0 Å². The highest BCUT2D eigenvalue weighted by Crippen LogP contribution is 2.24. The molecule has 9 N–H and O–H groups in total. The summed E-state index contributed by atoms with van der Waals surface area (Å²) >= 11 is 0. The fourth-order valence-electron chi connectivity index (χ4n) is 3.06. The Kier molecular flexibility index (Phi) is 5.49. The fraction of sp³-hybridized carbons (Fsp3) is 0.353. The second-order valence-corrected chi connectivity index (χ2v) is 6.37. The topological polar surface area (TPSA) is 157 Å². The molecular formula is C17H24N8O. The van der Waals surface area contributed by atoms with Crippen LogP contribution in [0.1, 0.15) is 36.0 Å². The van der Waals surface area contributed by atoms with E-state index in [0.29, 0.717) is 17.5 Å². The van der Waals surface area contributed by atoms with Gasteiger partial charge in [-0.05, 0) is 31.0 Å². The standard InChI is InChI=1S/C17H24N8O/c18-13-6-1-2-7-14(13)23-17-21-9-12(15(19)26)16(24-17)22-10-4-3-5-11(8-10)25-20/h3-5,8-9,13-14,25H,1-2,6-7,18,20H2,(H2,19,26)(H2,21,22,23,24)/t13-,14+/m0/s1. The van der Waals surface area contributed by atoms with E-state index in [1.807, 2.05) is 18.2 Å². The summed E-state index contributed by atoms with van der Waals surface area (Å²) in [5.41, 5.74) is 15.8. The van der Waals surface area contributed by atoms with Crippen molar-refractivity contribution in [3.8, 4) is 0 Å². The van der Waals surface area contributed by atoms with Gasteiger partial charge in [0.05, 0.1) is 5.69 Å². The maximum atomic E-state index is 11.7. The molecule has 0 unspecified atom stereocenters. The first-order valence-electron chi connectivity index (χ1n) is 8.59. The number of hydrogen-bond donors (Lipinski definition) is 6. The molecule has 0 saturated heterocycles. The Morgan fingerprint density at radius 1 is 1.19 bits per heavy atom. The van der Waals surface area contributed by atoms with Crippen LogP contribution in [-0.4, -0.2) is 28.0 Å². The number of aromatic nitrogens is 2. The molecule has 9 heteroatoms. The van der Waals surface area contributed by atoms with Crippen molar-refractivity contribution >= 4 is 29.0 Å². The number of nitrogen functional groups attached to an aromatic ring is 1. The molecule has 138 valence electrons. The fourth-order valence-corrected chi connectivity index (χ4v) is 3.06. The van der Waals surface area contributed by atoms with Crippen LogP contribution >= 0.6 is 0 Å². The van der Waals surface area contributed by atoms with E-state index in [4.69, 9.17) is 17.3 Å². The maximum absolute atomic E-state index is 11.7. The number of rotatable bonds is 6. The normalized spacial score (nSPS) is 19.6. The zero-order valence-corrected chi connectivity index (χ0v) is 14.4. The summed E-state index contributed by atoms with van der Waals surface area (Å²) in [7, 11) is 0. The minimum atomic E-state index is -0.610. The van der Waals surface area contributed by atoms with Crippen LogP contribution in [0.15, 0.2) is 30.5 Å². The van der Waals surface area contributed by atoms with Crippen molar-refractivity contribution in [3.05, 3.63) is 36.0 Å². The van der Waals surface area contributed by atoms with Crippen molar-refractivity contribution in [2.45, 2.75) is 37.8 Å². The lowest BCUT2D eigenvalue weighted by molar-refractivity contribution is 0.100. The van der Waals surface area contributed by atoms with Crippen LogP contribution in [0, 0.1) is 0 Å². The van der Waals surface area contributed by atoms with Crippen LogP contribution in [0.4, 0.5) is 23.1 Å². The van der Waals surface area contributed by atoms with Crippen molar-refractivity contribution in [1.29, 1.82) is 0 Å². The van der Waals surface area contributed by atoms with Crippen molar-refractivity contribution in [2.75, 3.05) is 16.1 Å². The van der Waals surface area contributed by atoms with Gasteiger partial charge in [-0.25, -0.2) is 4.98 Å². The molecule has 0 bridgehead atoms. The summed E-state index contributed by atoms with van der Waals surface area (Å²) < 4.78 is 0. The summed E-state index contributed by atoms with van der Waals surface area (Å²) in [4.78, 5) is 20.4. The highest BCUT2D eigenvalue weighted by atomic mass is 16.1. The van der Waals surface area contributed by atoms with Gasteiger partial charge in [-0.15, -0.1) is 0 Å². The lowest BCUT2D eigenvalue weighted by atomic mass is 9.91. The van der Waals surface area contributed by atoms with Gasteiger partial charge in [0.25, 0.3) is 5.91 Å². The molecule has 0 radical (unpaired) electrons. The predicted octanol–water partition coefficient (Wildman–Crippen LogP) is 1.29. The van der Waals surface area contributed by atoms with Gasteiger partial charge in [0.1, 0.15) is 11.4 Å². The van der Waals surface area contributed by atoms with Crippen LogP contribution in [0.25, 0.3) is 0 Å². The third kappa shape index (κ3) is 4.19. The zero-order chi connectivity index (χ0) is 18.5. The van der Waals surface area contributed by atoms with E-state index in [0.717, 1.165) is 31.4 Å². The Hall–Kier alpha value is -2.91. The smallest absolute Gasteiger partial charge is 0.254 e. The van der Waals surface area contributed by atoms with Crippen LogP contribution < -0.4 is 33.4 Å². The van der Waals surface area contributed by atoms with Crippen LogP contribution in [-0.2, 0) is 0 Å². The highest BCUT2D eigenvalue weighted by molar-refractivity contribution is 5.98. The summed E-state index contributed by atoms with van der Waals surface area (Å²) in [6, 6.07) is 7.43. The molecule has 1 saturated carbocycles. The van der Waals surface area contributed by atoms with Crippen molar-refractivity contribution in [3.63, 3.8) is 0 Å². The number of nitrogens with zero attached hydrogens (tertiary/aromatic N) is 2. The minimum absolute atomic E-state index is 0.0619. The Bertz CT molecular complexity index is 781. The van der Waals surface area contributed by atoms with E-state index < -0.39 is 5.91 Å². The van der Waals surface area contributed by atoms with Gasteiger partial charge in [0.2, 0.25) is 5.95 Å². The number of primary amides is 1. The molecule has 2 atom stereocenters. The zero-order valence-electron chi connectivity index (χ0n) is 14.4. The number of hydrogen-bond acceptors (Lipinski definition) is 8. The molecule has 1 aromatic carbocycles. The molecule has 1 aliphatic carbocycles. The summed E-state index contributed by atoms with van der Waals surface area (Å²) in [6.07, 6.45) is 5.61. The lowest BCUT2D eigenvalue weighted by Gasteiger charge is -2.29. The Labute approximate surface area is 151 Å². The molecule has 0 aliphatic heterocycles. The number of hydrazine groups is 1. The first kappa shape index (κ1) is 17.9. The number of nitrogens with two attached hydrogens (primary N) is 3. The summed E-state index contributed by atoms with van der Waals surface area (Å²) in [5.74, 6) is 5.56. The molecule has 3 rings (SSSR count). The molecule has 0 spiro atoms. The minimum Gasteiger partial charge on any atom is -0.365 e. The molecule has 2 aromatic rings. The van der Waals surface area contributed by atoms with Crippen LogP contribution in [0.5, 0.6) is 0 Å². The second-order valence-electron chi connectivity index (χ2n) is 6.37. The quantitative estimate of drug-likeness (QED) is 0.334. The molecule has 1 fully saturated rings. The SMILES string of the molecule is NNc1cccc(Nc2nc(N[C@@H]3CCCC[C@@H]3N)ncc2C(N)=O)c1. The lowest BCUT2D eigenvalue weighted by Crippen LogP contribution is -2.43. The van der Waals surface area contributed by atoms with Crippen LogP contribution in [0.2, 0.25) is 0 Å². The number of benzene rings is 1. The average Bonchev–Trinajstić information content (AvgIpc) is 2.64. The molecule has 1 aromatic heterocycles. The van der Waals surface area contributed by atoms with E-state index in [1.165, 1.54) is 6.20 Å². The van der Waals surface area contributed by atoms with E-state index in [9.17, 15) is 4.79 Å². The summed E-state index contributed by atoms with van der Waals surface area (Å²) in [5, 5.41) is 6.37. The largest absolute Gasteiger partial charge is 0.365 e. The third-order valence-electron chi connectivity index (χ3n) is 4.48. The predicted molar refractivity (Wildman–Crippen MR) is 102 cm³/mol. The molecule has 1 heterocycles. The number of carbonyl (C=O) groups is 1. The van der Waals surface area contributed by atoms with Gasteiger partial charge in [-0.1, -0.05) is 18.9 Å². The number of nitrogens with one attached hydrogen (secondary N) is 3. The van der Waals surface area contributed by atoms with Gasteiger partial charge in [0, 0.05) is 24.0 Å². The molecule has 1 amide bonds. The molecule has 26 heavy (non-hydrogen) atoms. The van der Waals surface area contributed by atoms with E-state index in [-0.39, 0.29) is 17.6 Å². The van der Waals surface area contributed by atoms with Crippen molar-refractivity contribution < 1.29 is 4.79 Å². The first-order chi connectivity index (χ1) is 12.6. The van der Waals surface area contributed by atoms with Crippen LogP contribution in [0.3, 0.4) is 0 Å². The first-order valence-corrected chi connectivity index (χ1v) is 8.59. The number of anilines is 4. The maximum Gasteiger partial charge on any atom is 0.254 e. The number of amides is 1. The Morgan fingerprint density at radius 3 is 2.69 bits per heavy atom. The third-order valence-corrected chi connectivity index (χ3v) is 4.48. The van der Waals surface area contributed by atoms with Gasteiger partial charge in [0.15, 0.2) is 0 Å². The molecule has 1 aliphatic rings. The van der Waals surface area contributed by atoms with Crippen molar-refractivity contribution in [1.82, 2.24) is 9.97 Å². The van der Waals surface area contributed by atoms with Crippen molar-refractivity contribution in [2.24, 2.45) is 17.3 Å². The second kappa shape index (κ2) is 7.98. The van der Waals surface area contributed by atoms with Gasteiger partial charge in [-0.3, -0.25) is 10.6 Å². The van der Waals surface area contributed by atoms with Gasteiger partial charge >= 0.3 is 0 Å². The van der Waals surface area contributed by atoms with E-state index in [1.54, 1.807) is 6.07 Å². The summed E-state index contributed by atoms with van der Waals surface area (Å²) in [6.45, 7) is 0. The Balaban J connectivity index is 1.85. The van der Waals surface area contributed by atoms with E-state index in [2.05, 4.69) is 26.0 Å². The number of carbonyl (C=O) groups excluding carboxylic acids is 1. The monoisotopic (exact) mass is 356 g/mol. The Morgan fingerprint density at radius 2 is 1.96 bits per heavy atom. The van der Waals surface area contributed by atoms with Gasteiger partial charge < -0.3 is 27.5 Å². The average molecular weight is 356 g/mol. The highest BCUT2D eigenvalue weighted by Gasteiger charge is 2.23. The molecular weight excluding hydrogens is 332 g/mol. The molecule has 9 nitrogen and oxygen atoms in total. The van der Waals surface area contributed by atoms with Gasteiger partial charge in [-0.2, -0.15) is 4.98 Å².